The van der Waals surface area contributed by atoms with E-state index in [4.69, 9.17) is 5.11 Å². The summed E-state index contributed by atoms with van der Waals surface area (Å²) in [7, 11) is -3.22. The molecule has 0 aliphatic carbocycles. The van der Waals surface area contributed by atoms with Gasteiger partial charge >= 0.3 is 5.97 Å². The number of aryl methyl sites for hydroxylation is 1. The van der Waals surface area contributed by atoms with Gasteiger partial charge in [-0.25, -0.2) is 13.1 Å². The second kappa shape index (κ2) is 8.73. The largest absolute Gasteiger partial charge is 0.481 e. The summed E-state index contributed by atoms with van der Waals surface area (Å²) in [5.74, 6) is -0.835. The van der Waals surface area contributed by atoms with Crippen molar-refractivity contribution in [3.63, 3.8) is 0 Å². The van der Waals surface area contributed by atoms with Gasteiger partial charge < -0.3 is 5.11 Å². The van der Waals surface area contributed by atoms with Gasteiger partial charge in [0.1, 0.15) is 0 Å². The molecule has 0 fully saturated rings. The molecule has 1 aromatic carbocycles. The summed E-state index contributed by atoms with van der Waals surface area (Å²) < 4.78 is 24.9. The maximum Gasteiger partial charge on any atom is 0.303 e. The molecule has 0 spiro atoms. The standard InChI is InChI=1S/C18H22N2O4S/c1-25(23,24)20-8-6-15-9-14(4-5-18(21)22)10-17(11-15)12-16-3-2-7-19-13-16/h2-3,7,9-11,13,20H,4-6,8,12H2,1H3,(H,21,22). The molecule has 0 amide bonds. The Morgan fingerprint density at radius 1 is 1.12 bits per heavy atom. The van der Waals surface area contributed by atoms with Crippen LogP contribution in [-0.4, -0.2) is 37.3 Å². The number of aliphatic carboxylic acids is 1. The van der Waals surface area contributed by atoms with Gasteiger partial charge in [0.15, 0.2) is 0 Å². The minimum absolute atomic E-state index is 0.0668. The van der Waals surface area contributed by atoms with Crippen LogP contribution in [0.1, 0.15) is 28.7 Å². The van der Waals surface area contributed by atoms with E-state index in [1.807, 2.05) is 30.3 Å². The highest BCUT2D eigenvalue weighted by Crippen LogP contribution is 2.16. The van der Waals surface area contributed by atoms with Crippen molar-refractivity contribution >= 4 is 16.0 Å². The van der Waals surface area contributed by atoms with Crippen LogP contribution < -0.4 is 4.72 Å². The first kappa shape index (κ1) is 19.1. The van der Waals surface area contributed by atoms with Crippen LogP contribution in [0.15, 0.2) is 42.7 Å². The molecule has 2 aromatic rings. The second-order valence-corrected chi connectivity index (χ2v) is 7.84. The zero-order chi connectivity index (χ0) is 18.3. The SMILES string of the molecule is CS(=O)(=O)NCCc1cc(CCC(=O)O)cc(Cc2cccnc2)c1. The molecule has 2 rings (SSSR count). The molecule has 7 heteroatoms. The second-order valence-electron chi connectivity index (χ2n) is 6.01. The Labute approximate surface area is 148 Å². The highest BCUT2D eigenvalue weighted by Gasteiger charge is 2.07. The third kappa shape index (κ3) is 7.45. The van der Waals surface area contributed by atoms with E-state index in [1.54, 1.807) is 12.4 Å². The number of aromatic nitrogens is 1. The molecule has 0 unspecified atom stereocenters. The lowest BCUT2D eigenvalue weighted by Gasteiger charge is -2.10. The van der Waals surface area contributed by atoms with Gasteiger partial charge in [-0.3, -0.25) is 9.78 Å². The molecule has 2 N–H and O–H groups in total. The van der Waals surface area contributed by atoms with Gasteiger partial charge in [-0.15, -0.1) is 0 Å². The van der Waals surface area contributed by atoms with Crippen molar-refractivity contribution in [2.75, 3.05) is 12.8 Å². The minimum atomic E-state index is -3.22. The van der Waals surface area contributed by atoms with E-state index in [0.29, 0.717) is 25.8 Å². The molecule has 0 aliphatic rings. The first-order valence-electron chi connectivity index (χ1n) is 7.99. The van der Waals surface area contributed by atoms with Crippen molar-refractivity contribution in [1.82, 2.24) is 9.71 Å². The first-order valence-corrected chi connectivity index (χ1v) is 9.88. The molecular weight excluding hydrogens is 340 g/mol. The summed E-state index contributed by atoms with van der Waals surface area (Å²) in [5, 5.41) is 8.89. The van der Waals surface area contributed by atoms with E-state index < -0.39 is 16.0 Å². The van der Waals surface area contributed by atoms with E-state index >= 15 is 0 Å². The number of nitrogens with one attached hydrogen (secondary N) is 1. The molecule has 0 saturated heterocycles. The lowest BCUT2D eigenvalue weighted by molar-refractivity contribution is -0.136. The van der Waals surface area contributed by atoms with Crippen LogP contribution in [0.2, 0.25) is 0 Å². The molecule has 1 heterocycles. The van der Waals surface area contributed by atoms with Crippen LogP contribution in [-0.2, 0) is 34.1 Å². The Hall–Kier alpha value is -2.25. The van der Waals surface area contributed by atoms with Crippen molar-refractivity contribution in [1.29, 1.82) is 0 Å². The lowest BCUT2D eigenvalue weighted by Crippen LogP contribution is -2.24. The van der Waals surface area contributed by atoms with Crippen molar-refractivity contribution in [2.45, 2.75) is 25.7 Å². The van der Waals surface area contributed by atoms with Gasteiger partial charge in [0.25, 0.3) is 0 Å². The topological polar surface area (TPSA) is 96.4 Å². The van der Waals surface area contributed by atoms with Crippen LogP contribution in [0.4, 0.5) is 0 Å². The highest BCUT2D eigenvalue weighted by atomic mass is 32.2. The fourth-order valence-electron chi connectivity index (χ4n) is 2.60. The van der Waals surface area contributed by atoms with Gasteiger partial charge in [0.05, 0.1) is 6.26 Å². The Morgan fingerprint density at radius 2 is 1.80 bits per heavy atom. The number of hydrogen-bond acceptors (Lipinski definition) is 4. The van der Waals surface area contributed by atoms with Gasteiger partial charge in [0.2, 0.25) is 10.0 Å². The van der Waals surface area contributed by atoms with E-state index in [-0.39, 0.29) is 6.42 Å². The van der Waals surface area contributed by atoms with Gasteiger partial charge in [-0.05, 0) is 47.6 Å². The molecular formula is C18H22N2O4S. The van der Waals surface area contributed by atoms with E-state index in [2.05, 4.69) is 9.71 Å². The molecule has 0 bridgehead atoms. The number of carboxylic acid groups (broad SMARTS) is 1. The Balaban J connectivity index is 2.16. The first-order chi connectivity index (χ1) is 11.8. The number of carbonyl (C=O) groups is 1. The zero-order valence-electron chi connectivity index (χ0n) is 14.1. The summed E-state index contributed by atoms with van der Waals surface area (Å²) in [6, 6.07) is 9.84. The summed E-state index contributed by atoms with van der Waals surface area (Å²) in [6.07, 6.45) is 6.41. The third-order valence-corrected chi connectivity index (χ3v) is 4.38. The van der Waals surface area contributed by atoms with Gasteiger partial charge in [0, 0.05) is 25.4 Å². The minimum Gasteiger partial charge on any atom is -0.481 e. The fourth-order valence-corrected chi connectivity index (χ4v) is 3.07. The highest BCUT2D eigenvalue weighted by molar-refractivity contribution is 7.88. The predicted molar refractivity (Wildman–Crippen MR) is 96.0 cm³/mol. The Morgan fingerprint density at radius 3 is 2.40 bits per heavy atom. The molecule has 25 heavy (non-hydrogen) atoms. The Bertz CT molecular complexity index is 820. The maximum absolute atomic E-state index is 11.2. The van der Waals surface area contributed by atoms with Crippen LogP contribution in [0.25, 0.3) is 0 Å². The molecule has 0 radical (unpaired) electrons. The molecule has 0 saturated carbocycles. The molecule has 1 aromatic heterocycles. The maximum atomic E-state index is 11.2. The predicted octanol–water partition coefficient (Wildman–Crippen LogP) is 1.78. The van der Waals surface area contributed by atoms with Crippen LogP contribution in [0.5, 0.6) is 0 Å². The van der Waals surface area contributed by atoms with E-state index in [9.17, 15) is 13.2 Å². The van der Waals surface area contributed by atoms with Crippen LogP contribution >= 0.6 is 0 Å². The van der Waals surface area contributed by atoms with Crippen molar-refractivity contribution in [3.8, 4) is 0 Å². The monoisotopic (exact) mass is 362 g/mol. The average molecular weight is 362 g/mol. The quantitative estimate of drug-likeness (QED) is 0.709. The molecule has 0 atom stereocenters. The van der Waals surface area contributed by atoms with Crippen LogP contribution in [0.3, 0.4) is 0 Å². The van der Waals surface area contributed by atoms with Crippen molar-refractivity contribution in [3.05, 3.63) is 65.0 Å². The molecule has 6 nitrogen and oxygen atoms in total. The summed E-state index contributed by atoms with van der Waals surface area (Å²) >= 11 is 0. The Kier molecular flexibility index (Phi) is 6.66. The number of rotatable bonds is 9. The number of hydrogen-bond donors (Lipinski definition) is 2. The molecule has 0 aliphatic heterocycles. The van der Waals surface area contributed by atoms with E-state index in [1.165, 1.54) is 0 Å². The third-order valence-electron chi connectivity index (χ3n) is 3.65. The zero-order valence-corrected chi connectivity index (χ0v) is 14.9. The van der Waals surface area contributed by atoms with Gasteiger partial charge in [-0.2, -0.15) is 0 Å². The smallest absolute Gasteiger partial charge is 0.303 e. The van der Waals surface area contributed by atoms with Gasteiger partial charge in [-0.1, -0.05) is 24.3 Å². The summed E-state index contributed by atoms with van der Waals surface area (Å²) in [4.78, 5) is 14.9. The number of sulfonamides is 1. The average Bonchev–Trinajstić information content (AvgIpc) is 2.52. The van der Waals surface area contributed by atoms with Crippen molar-refractivity contribution in [2.24, 2.45) is 0 Å². The summed E-state index contributed by atoms with van der Waals surface area (Å²) in [6.45, 7) is 0.313. The lowest BCUT2D eigenvalue weighted by atomic mass is 9.97. The normalized spacial score (nSPS) is 11.4. The van der Waals surface area contributed by atoms with E-state index in [0.717, 1.165) is 28.5 Å². The number of carboxylic acids is 1. The molecule has 134 valence electrons. The fraction of sp³-hybridized carbons (Fsp3) is 0.333. The van der Waals surface area contributed by atoms with Crippen LogP contribution in [0, 0.1) is 0 Å². The number of nitrogens with zero attached hydrogens (tertiary/aromatic N) is 1. The number of pyridine rings is 1. The summed E-state index contributed by atoms with van der Waals surface area (Å²) in [5.41, 5.74) is 4.06. The number of benzene rings is 1. The van der Waals surface area contributed by atoms with Crippen molar-refractivity contribution < 1.29 is 18.3 Å².